The van der Waals surface area contributed by atoms with E-state index in [4.69, 9.17) is 0 Å². The summed E-state index contributed by atoms with van der Waals surface area (Å²) in [6.07, 6.45) is 5.64. The van der Waals surface area contributed by atoms with Crippen molar-refractivity contribution >= 4 is 0 Å². The zero-order valence-electron chi connectivity index (χ0n) is 11.7. The van der Waals surface area contributed by atoms with Gasteiger partial charge in [-0.1, -0.05) is 27.2 Å². The molecule has 1 N–H and O–H groups in total. The Hall–Kier alpha value is -0.0800. The molecule has 2 nitrogen and oxygen atoms in total. The molecule has 0 radical (unpaired) electrons. The van der Waals surface area contributed by atoms with E-state index < -0.39 is 0 Å². The van der Waals surface area contributed by atoms with Crippen molar-refractivity contribution in [2.75, 3.05) is 33.2 Å². The van der Waals surface area contributed by atoms with Gasteiger partial charge < -0.3 is 10.2 Å². The summed E-state index contributed by atoms with van der Waals surface area (Å²) in [5.74, 6) is 0.991. The molecule has 1 unspecified atom stereocenters. The molecule has 1 saturated carbocycles. The van der Waals surface area contributed by atoms with Gasteiger partial charge in [-0.3, -0.25) is 0 Å². The van der Waals surface area contributed by atoms with Crippen LogP contribution >= 0.6 is 0 Å². The molecule has 1 fully saturated rings. The zero-order chi connectivity index (χ0) is 12.0. The Kier molecular flexibility index (Phi) is 5.77. The van der Waals surface area contributed by atoms with E-state index in [1.54, 1.807) is 0 Å². The largest absolute Gasteiger partial charge is 0.316 e. The van der Waals surface area contributed by atoms with Crippen molar-refractivity contribution in [3.63, 3.8) is 0 Å². The van der Waals surface area contributed by atoms with Gasteiger partial charge in [0.05, 0.1) is 0 Å². The summed E-state index contributed by atoms with van der Waals surface area (Å²) in [4.78, 5) is 2.55. The van der Waals surface area contributed by atoms with Crippen molar-refractivity contribution < 1.29 is 0 Å². The topological polar surface area (TPSA) is 15.3 Å². The lowest BCUT2D eigenvalue weighted by Gasteiger charge is -2.36. The van der Waals surface area contributed by atoms with Gasteiger partial charge in [0, 0.05) is 19.6 Å². The maximum atomic E-state index is 3.50. The monoisotopic (exact) mass is 226 g/mol. The van der Waals surface area contributed by atoms with E-state index in [9.17, 15) is 0 Å². The second kappa shape index (κ2) is 6.61. The second-order valence-electron chi connectivity index (χ2n) is 5.94. The molecule has 0 spiro atoms. The van der Waals surface area contributed by atoms with Gasteiger partial charge in [-0.15, -0.1) is 0 Å². The van der Waals surface area contributed by atoms with E-state index in [1.807, 2.05) is 0 Å². The van der Waals surface area contributed by atoms with Crippen molar-refractivity contribution in [1.82, 2.24) is 10.2 Å². The highest BCUT2D eigenvalue weighted by molar-refractivity contribution is 4.80. The molecule has 0 amide bonds. The highest BCUT2D eigenvalue weighted by Crippen LogP contribution is 2.28. The Bertz CT molecular complexity index is 189. The van der Waals surface area contributed by atoms with Gasteiger partial charge in [-0.25, -0.2) is 0 Å². The van der Waals surface area contributed by atoms with Crippen molar-refractivity contribution in [3.8, 4) is 0 Å². The van der Waals surface area contributed by atoms with Gasteiger partial charge >= 0.3 is 0 Å². The first kappa shape index (κ1) is 14.0. The van der Waals surface area contributed by atoms with Gasteiger partial charge in [0.25, 0.3) is 0 Å². The molecule has 0 aromatic rings. The summed E-state index contributed by atoms with van der Waals surface area (Å²) >= 11 is 0. The summed E-state index contributed by atoms with van der Waals surface area (Å²) in [7, 11) is 2.29. The summed E-state index contributed by atoms with van der Waals surface area (Å²) in [5, 5.41) is 3.50. The van der Waals surface area contributed by atoms with E-state index in [2.05, 4.69) is 38.0 Å². The lowest BCUT2D eigenvalue weighted by molar-refractivity contribution is 0.139. The lowest BCUT2D eigenvalue weighted by Crippen LogP contribution is -2.42. The molecule has 0 bridgehead atoms. The summed E-state index contributed by atoms with van der Waals surface area (Å²) in [5.41, 5.74) is 0.439. The first-order valence-electron chi connectivity index (χ1n) is 6.99. The molecular weight excluding hydrogens is 196 g/mol. The quantitative estimate of drug-likeness (QED) is 0.684. The SMILES string of the molecule is CCNCC(C)(CC)CN(C)CC1CCC1. The summed E-state index contributed by atoms with van der Waals surface area (Å²) < 4.78 is 0. The average Bonchev–Trinajstić information content (AvgIpc) is 2.21. The number of rotatable bonds is 8. The van der Waals surface area contributed by atoms with E-state index in [1.165, 1.54) is 38.8 Å². The van der Waals surface area contributed by atoms with Gasteiger partial charge in [-0.05, 0) is 44.2 Å². The van der Waals surface area contributed by atoms with Gasteiger partial charge in [0.1, 0.15) is 0 Å². The predicted octanol–water partition coefficient (Wildman–Crippen LogP) is 2.74. The number of nitrogens with one attached hydrogen (secondary N) is 1. The Labute approximate surface area is 102 Å². The van der Waals surface area contributed by atoms with Crippen LogP contribution in [-0.4, -0.2) is 38.1 Å². The smallest absolute Gasteiger partial charge is 0.00444 e. The third-order valence-corrected chi connectivity index (χ3v) is 4.10. The maximum Gasteiger partial charge on any atom is 0.00444 e. The van der Waals surface area contributed by atoms with Crippen molar-refractivity contribution in [2.24, 2.45) is 11.3 Å². The molecule has 0 aromatic heterocycles. The van der Waals surface area contributed by atoms with Crippen LogP contribution in [0.15, 0.2) is 0 Å². The van der Waals surface area contributed by atoms with Crippen LogP contribution in [0.2, 0.25) is 0 Å². The Balaban J connectivity index is 2.28. The van der Waals surface area contributed by atoms with Crippen LogP contribution in [0.5, 0.6) is 0 Å². The van der Waals surface area contributed by atoms with Gasteiger partial charge in [0.2, 0.25) is 0 Å². The maximum absolute atomic E-state index is 3.50. The van der Waals surface area contributed by atoms with Crippen LogP contribution in [0, 0.1) is 11.3 Å². The molecule has 2 heteroatoms. The van der Waals surface area contributed by atoms with Gasteiger partial charge in [-0.2, -0.15) is 0 Å². The molecule has 1 atom stereocenters. The number of nitrogens with zero attached hydrogens (tertiary/aromatic N) is 1. The average molecular weight is 226 g/mol. The highest BCUT2D eigenvalue weighted by Gasteiger charge is 2.26. The molecular formula is C14H30N2. The van der Waals surface area contributed by atoms with E-state index in [0.717, 1.165) is 19.0 Å². The molecule has 0 aliphatic heterocycles. The fraction of sp³-hybridized carbons (Fsp3) is 1.00. The van der Waals surface area contributed by atoms with Crippen molar-refractivity contribution in [1.29, 1.82) is 0 Å². The Morgan fingerprint density at radius 3 is 2.44 bits per heavy atom. The zero-order valence-corrected chi connectivity index (χ0v) is 11.7. The van der Waals surface area contributed by atoms with Crippen LogP contribution < -0.4 is 5.32 Å². The third-order valence-electron chi connectivity index (χ3n) is 4.10. The standard InChI is InChI=1S/C14H30N2/c1-5-14(3,11-15-6-2)12-16(4)10-13-8-7-9-13/h13,15H,5-12H2,1-4H3. The van der Waals surface area contributed by atoms with Crippen LogP contribution in [0.3, 0.4) is 0 Å². The molecule has 0 saturated heterocycles. The molecule has 1 aliphatic carbocycles. The molecule has 1 rings (SSSR count). The first-order chi connectivity index (χ1) is 7.59. The molecule has 1 aliphatic rings. The molecule has 96 valence electrons. The van der Waals surface area contributed by atoms with Crippen LogP contribution in [0.1, 0.15) is 46.5 Å². The molecule has 0 aromatic carbocycles. The van der Waals surface area contributed by atoms with Gasteiger partial charge in [0.15, 0.2) is 0 Å². The van der Waals surface area contributed by atoms with Crippen LogP contribution in [0.25, 0.3) is 0 Å². The fourth-order valence-corrected chi connectivity index (χ4v) is 2.55. The van der Waals surface area contributed by atoms with E-state index >= 15 is 0 Å². The molecule has 0 heterocycles. The third kappa shape index (κ3) is 4.42. The predicted molar refractivity (Wildman–Crippen MR) is 71.8 cm³/mol. The summed E-state index contributed by atoms with van der Waals surface area (Å²) in [6.45, 7) is 11.7. The van der Waals surface area contributed by atoms with Crippen LogP contribution in [-0.2, 0) is 0 Å². The molecule has 16 heavy (non-hydrogen) atoms. The number of hydrogen-bond acceptors (Lipinski definition) is 2. The van der Waals surface area contributed by atoms with Crippen molar-refractivity contribution in [3.05, 3.63) is 0 Å². The van der Waals surface area contributed by atoms with Crippen LogP contribution in [0.4, 0.5) is 0 Å². The summed E-state index contributed by atoms with van der Waals surface area (Å²) in [6, 6.07) is 0. The first-order valence-corrected chi connectivity index (χ1v) is 6.99. The highest BCUT2D eigenvalue weighted by atomic mass is 15.1. The Morgan fingerprint density at radius 1 is 1.31 bits per heavy atom. The fourth-order valence-electron chi connectivity index (χ4n) is 2.55. The lowest BCUT2D eigenvalue weighted by atomic mass is 9.83. The second-order valence-corrected chi connectivity index (χ2v) is 5.94. The van der Waals surface area contributed by atoms with E-state index in [-0.39, 0.29) is 0 Å². The Morgan fingerprint density at radius 2 is 2.00 bits per heavy atom. The normalized spacial score (nSPS) is 20.8. The minimum absolute atomic E-state index is 0.439. The minimum Gasteiger partial charge on any atom is -0.316 e. The minimum atomic E-state index is 0.439. The van der Waals surface area contributed by atoms with E-state index in [0.29, 0.717) is 5.41 Å². The van der Waals surface area contributed by atoms with Crippen molar-refractivity contribution in [2.45, 2.75) is 46.5 Å². The number of hydrogen-bond donors (Lipinski definition) is 1.